The zero-order chi connectivity index (χ0) is 16.9. The predicted molar refractivity (Wildman–Crippen MR) is 94.0 cm³/mol. The number of benzene rings is 1. The summed E-state index contributed by atoms with van der Waals surface area (Å²) in [5.41, 5.74) is 2.20. The van der Waals surface area contributed by atoms with E-state index in [4.69, 9.17) is 0 Å². The largest absolute Gasteiger partial charge is 0.337 e. The summed E-state index contributed by atoms with van der Waals surface area (Å²) < 4.78 is 0. The third-order valence-electron chi connectivity index (χ3n) is 4.37. The van der Waals surface area contributed by atoms with Gasteiger partial charge >= 0.3 is 0 Å². The fourth-order valence-electron chi connectivity index (χ4n) is 3.17. The summed E-state index contributed by atoms with van der Waals surface area (Å²) in [4.78, 5) is 28.8. The van der Waals surface area contributed by atoms with E-state index in [1.807, 2.05) is 23.1 Å². The molecule has 2 aromatic rings. The number of pyridine rings is 1. The molecule has 3 rings (SSSR count). The Bertz CT molecular complexity index is 755. The maximum atomic E-state index is 12.7. The number of rotatable bonds is 4. The maximum Gasteiger partial charge on any atom is 0.254 e. The number of piperidine rings is 1. The lowest BCUT2D eigenvalue weighted by Gasteiger charge is -2.33. The zero-order valence-corrected chi connectivity index (χ0v) is 13.9. The molecule has 24 heavy (non-hydrogen) atoms. The number of aromatic nitrogens is 1. The van der Waals surface area contributed by atoms with Crippen LogP contribution in [-0.4, -0.2) is 34.9 Å². The molecule has 0 aliphatic carbocycles. The standard InChI is InChI=1S/C19H23N3O2/c1-14-10-16(11-18(23)21-14)19(24)22-9-5-8-17(13-22)20-12-15-6-3-2-4-7-15/h2-4,6-7,10-11,17,20H,5,8-9,12-13H2,1H3,(H,21,23)/t17-/m1/s1. The van der Waals surface area contributed by atoms with Crippen molar-refractivity contribution in [2.45, 2.75) is 32.4 Å². The van der Waals surface area contributed by atoms with Crippen LogP contribution in [0, 0.1) is 6.92 Å². The van der Waals surface area contributed by atoms with Gasteiger partial charge in [-0.25, -0.2) is 0 Å². The SMILES string of the molecule is Cc1cc(C(=O)N2CCC[C@@H](NCc3ccccc3)C2)cc(=O)[nH]1. The van der Waals surface area contributed by atoms with E-state index in [0.29, 0.717) is 17.8 Å². The molecule has 1 saturated heterocycles. The lowest BCUT2D eigenvalue weighted by molar-refractivity contribution is 0.0694. The van der Waals surface area contributed by atoms with Gasteiger partial charge in [0.15, 0.2) is 0 Å². The van der Waals surface area contributed by atoms with Crippen molar-refractivity contribution in [2.24, 2.45) is 0 Å². The quantitative estimate of drug-likeness (QED) is 0.904. The van der Waals surface area contributed by atoms with Crippen molar-refractivity contribution in [1.82, 2.24) is 15.2 Å². The van der Waals surface area contributed by atoms with Gasteiger partial charge in [-0.2, -0.15) is 0 Å². The Morgan fingerprint density at radius 2 is 2.08 bits per heavy atom. The summed E-state index contributed by atoms with van der Waals surface area (Å²) in [6.45, 7) is 4.02. The fraction of sp³-hybridized carbons (Fsp3) is 0.368. The third kappa shape index (κ3) is 4.11. The summed E-state index contributed by atoms with van der Waals surface area (Å²) in [5, 5.41) is 3.54. The molecule has 5 heteroatoms. The van der Waals surface area contributed by atoms with Crippen LogP contribution in [0.15, 0.2) is 47.3 Å². The van der Waals surface area contributed by atoms with E-state index in [9.17, 15) is 9.59 Å². The molecule has 1 aromatic carbocycles. The van der Waals surface area contributed by atoms with Crippen LogP contribution in [0.1, 0.15) is 34.5 Å². The molecule has 0 radical (unpaired) electrons. The van der Waals surface area contributed by atoms with Crippen molar-refractivity contribution in [1.29, 1.82) is 0 Å². The second-order valence-corrected chi connectivity index (χ2v) is 6.37. The first-order valence-electron chi connectivity index (χ1n) is 8.39. The van der Waals surface area contributed by atoms with E-state index in [1.54, 1.807) is 13.0 Å². The minimum atomic E-state index is -0.228. The van der Waals surface area contributed by atoms with Crippen LogP contribution in [0.4, 0.5) is 0 Å². The molecule has 0 spiro atoms. The van der Waals surface area contributed by atoms with Gasteiger partial charge in [0.05, 0.1) is 0 Å². The smallest absolute Gasteiger partial charge is 0.254 e. The summed E-state index contributed by atoms with van der Waals surface area (Å²) in [7, 11) is 0. The first-order chi connectivity index (χ1) is 11.6. The molecule has 1 aromatic heterocycles. The highest BCUT2D eigenvalue weighted by molar-refractivity contribution is 5.94. The van der Waals surface area contributed by atoms with Crippen molar-refractivity contribution < 1.29 is 4.79 Å². The topological polar surface area (TPSA) is 65.2 Å². The van der Waals surface area contributed by atoms with Crippen LogP contribution in [0.2, 0.25) is 0 Å². The molecule has 5 nitrogen and oxygen atoms in total. The lowest BCUT2D eigenvalue weighted by Crippen LogP contribution is -2.47. The Hall–Kier alpha value is -2.40. The Balaban J connectivity index is 1.62. The Labute approximate surface area is 141 Å². The average molecular weight is 325 g/mol. The number of hydrogen-bond acceptors (Lipinski definition) is 3. The Kier molecular flexibility index (Phi) is 5.11. The summed E-state index contributed by atoms with van der Waals surface area (Å²) in [5.74, 6) is -0.0598. The van der Waals surface area contributed by atoms with Crippen LogP contribution in [0.25, 0.3) is 0 Å². The van der Waals surface area contributed by atoms with E-state index in [0.717, 1.165) is 25.9 Å². The highest BCUT2D eigenvalue weighted by Gasteiger charge is 2.24. The predicted octanol–water partition coefficient (Wildman–Crippen LogP) is 2.08. The summed E-state index contributed by atoms with van der Waals surface area (Å²) >= 11 is 0. The van der Waals surface area contributed by atoms with E-state index in [-0.39, 0.29) is 17.5 Å². The minimum Gasteiger partial charge on any atom is -0.337 e. The molecule has 1 amide bonds. The van der Waals surface area contributed by atoms with E-state index >= 15 is 0 Å². The molecule has 1 atom stereocenters. The molecule has 1 fully saturated rings. The molecule has 2 heterocycles. The number of aromatic amines is 1. The molecule has 2 N–H and O–H groups in total. The Morgan fingerprint density at radius 3 is 2.83 bits per heavy atom. The zero-order valence-electron chi connectivity index (χ0n) is 13.9. The van der Waals surface area contributed by atoms with E-state index in [2.05, 4.69) is 22.4 Å². The van der Waals surface area contributed by atoms with Crippen LogP contribution in [-0.2, 0) is 6.54 Å². The number of aryl methyl sites for hydroxylation is 1. The van der Waals surface area contributed by atoms with Crippen molar-refractivity contribution >= 4 is 5.91 Å². The fourth-order valence-corrected chi connectivity index (χ4v) is 3.17. The molecule has 1 aliphatic heterocycles. The molecule has 0 saturated carbocycles. The summed E-state index contributed by atoms with van der Waals surface area (Å²) in [6, 6.07) is 13.7. The molecule has 126 valence electrons. The van der Waals surface area contributed by atoms with Gasteiger partial charge < -0.3 is 15.2 Å². The van der Waals surface area contributed by atoms with Crippen LogP contribution >= 0.6 is 0 Å². The van der Waals surface area contributed by atoms with Crippen LogP contribution in [0.5, 0.6) is 0 Å². The molecular weight excluding hydrogens is 302 g/mol. The highest BCUT2D eigenvalue weighted by Crippen LogP contribution is 2.14. The third-order valence-corrected chi connectivity index (χ3v) is 4.37. The molecular formula is C19H23N3O2. The van der Waals surface area contributed by atoms with E-state index in [1.165, 1.54) is 11.6 Å². The van der Waals surface area contributed by atoms with Gasteiger partial charge in [0.25, 0.3) is 5.91 Å². The van der Waals surface area contributed by atoms with Crippen molar-refractivity contribution in [3.63, 3.8) is 0 Å². The number of nitrogens with one attached hydrogen (secondary N) is 2. The minimum absolute atomic E-state index is 0.0598. The van der Waals surface area contributed by atoms with Gasteiger partial charge in [-0.05, 0) is 31.4 Å². The average Bonchev–Trinajstić information content (AvgIpc) is 2.59. The second kappa shape index (κ2) is 7.45. The van der Waals surface area contributed by atoms with Crippen molar-refractivity contribution in [2.75, 3.05) is 13.1 Å². The molecule has 0 unspecified atom stereocenters. The van der Waals surface area contributed by atoms with Gasteiger partial charge in [0.1, 0.15) is 0 Å². The highest BCUT2D eigenvalue weighted by atomic mass is 16.2. The number of hydrogen-bond donors (Lipinski definition) is 2. The number of nitrogens with zero attached hydrogens (tertiary/aromatic N) is 1. The van der Waals surface area contributed by atoms with Gasteiger partial charge in [-0.1, -0.05) is 30.3 Å². The maximum absolute atomic E-state index is 12.7. The second-order valence-electron chi connectivity index (χ2n) is 6.37. The monoisotopic (exact) mass is 325 g/mol. The summed E-state index contributed by atoms with van der Waals surface area (Å²) in [6.07, 6.45) is 2.03. The van der Waals surface area contributed by atoms with Gasteiger partial charge in [0, 0.05) is 43.0 Å². The Morgan fingerprint density at radius 1 is 1.29 bits per heavy atom. The van der Waals surface area contributed by atoms with Crippen LogP contribution < -0.4 is 10.9 Å². The lowest BCUT2D eigenvalue weighted by atomic mass is 10.0. The number of H-pyrrole nitrogens is 1. The normalized spacial score (nSPS) is 17.7. The van der Waals surface area contributed by atoms with Gasteiger partial charge in [0.2, 0.25) is 5.56 Å². The number of carbonyl (C=O) groups excluding carboxylic acids is 1. The van der Waals surface area contributed by atoms with Gasteiger partial charge in [-0.3, -0.25) is 9.59 Å². The first-order valence-corrected chi connectivity index (χ1v) is 8.39. The number of carbonyl (C=O) groups is 1. The molecule has 1 aliphatic rings. The first kappa shape index (κ1) is 16.5. The number of likely N-dealkylation sites (tertiary alicyclic amines) is 1. The van der Waals surface area contributed by atoms with Crippen molar-refractivity contribution in [3.05, 3.63) is 69.6 Å². The number of amides is 1. The molecule has 0 bridgehead atoms. The van der Waals surface area contributed by atoms with Gasteiger partial charge in [-0.15, -0.1) is 0 Å². The van der Waals surface area contributed by atoms with Crippen LogP contribution in [0.3, 0.4) is 0 Å². The van der Waals surface area contributed by atoms with E-state index < -0.39 is 0 Å². The van der Waals surface area contributed by atoms with Crippen molar-refractivity contribution in [3.8, 4) is 0 Å².